The molecule has 0 bridgehead atoms. The molecular formula is C64H76N8O13S. The summed E-state index contributed by atoms with van der Waals surface area (Å²) >= 11 is 1.46. The Morgan fingerprint density at radius 3 is 2.33 bits per heavy atom. The molecule has 2 aliphatic heterocycles. The fraction of sp³-hybridized carbons (Fsp3) is 0.453. The first-order valence-electron chi connectivity index (χ1n) is 29.0. The summed E-state index contributed by atoms with van der Waals surface area (Å²) in [6.07, 6.45) is 8.30. The predicted molar refractivity (Wildman–Crippen MR) is 324 cm³/mol. The Bertz CT molecular complexity index is 3410. The molecule has 456 valence electrons. The molecule has 0 aliphatic carbocycles. The number of nitrogens with two attached hydrogens (primary N) is 1. The van der Waals surface area contributed by atoms with Gasteiger partial charge in [-0.25, -0.2) is 29.3 Å². The first-order valence-corrected chi connectivity index (χ1v) is 30.2. The lowest BCUT2D eigenvalue weighted by Gasteiger charge is -2.35. The average molecular weight is 1200 g/mol. The van der Waals surface area contributed by atoms with Crippen molar-refractivity contribution in [2.75, 3.05) is 51.1 Å². The molecule has 5 heterocycles. The molecule has 2 aromatic carbocycles. The summed E-state index contributed by atoms with van der Waals surface area (Å²) in [6.45, 7) is 12.6. The average Bonchev–Trinajstić information content (AvgIpc) is 1.49. The number of aromatic nitrogens is 4. The zero-order valence-electron chi connectivity index (χ0n) is 49.6. The normalized spacial score (nSPS) is 14.2. The smallest absolute Gasteiger partial charge is 0.457 e. The molecule has 86 heavy (non-hydrogen) atoms. The van der Waals surface area contributed by atoms with E-state index in [4.69, 9.17) is 34.4 Å². The van der Waals surface area contributed by atoms with Gasteiger partial charge in [-0.05, 0) is 107 Å². The Labute approximate surface area is 504 Å². The van der Waals surface area contributed by atoms with Gasteiger partial charge in [-0.1, -0.05) is 67.4 Å². The number of esters is 1. The number of anilines is 1. The van der Waals surface area contributed by atoms with Crippen molar-refractivity contribution < 1.29 is 57.2 Å². The number of rotatable bonds is 33. The van der Waals surface area contributed by atoms with E-state index in [9.17, 15) is 38.4 Å². The van der Waals surface area contributed by atoms with Crippen LogP contribution < -0.4 is 21.9 Å². The van der Waals surface area contributed by atoms with Crippen molar-refractivity contribution in [1.82, 2.24) is 29.7 Å². The lowest BCUT2D eigenvalue weighted by Crippen LogP contribution is -2.47. The van der Waals surface area contributed by atoms with Gasteiger partial charge >= 0.3 is 18.2 Å². The Balaban J connectivity index is 0.865. The molecule has 0 radical (unpaired) electrons. The molecular weight excluding hydrogens is 1120 g/mol. The van der Waals surface area contributed by atoms with Crippen molar-refractivity contribution in [3.8, 4) is 23.2 Å². The third kappa shape index (κ3) is 17.7. The van der Waals surface area contributed by atoms with Crippen LogP contribution in [0.4, 0.5) is 15.3 Å². The highest BCUT2D eigenvalue weighted by atomic mass is 32.2. The maximum Gasteiger partial charge on any atom is 0.510 e. The number of amides is 3. The highest BCUT2D eigenvalue weighted by Crippen LogP contribution is 2.42. The van der Waals surface area contributed by atoms with Crippen molar-refractivity contribution >= 4 is 69.8 Å². The molecule has 0 saturated heterocycles. The number of nitrogens with one attached hydrogen (secondary N) is 2. The van der Waals surface area contributed by atoms with Crippen LogP contribution in [-0.2, 0) is 79.4 Å². The lowest BCUT2D eigenvalue weighted by atomic mass is 9.85. The predicted octanol–water partition coefficient (Wildman–Crippen LogP) is 8.66. The van der Waals surface area contributed by atoms with Crippen LogP contribution >= 0.6 is 11.8 Å². The number of benzene rings is 2. The number of urea groups is 1. The second-order valence-corrected chi connectivity index (χ2v) is 22.3. The van der Waals surface area contributed by atoms with E-state index in [0.717, 1.165) is 33.3 Å². The van der Waals surface area contributed by atoms with Gasteiger partial charge in [-0.3, -0.25) is 24.0 Å². The molecule has 0 fully saturated rings. The van der Waals surface area contributed by atoms with Crippen molar-refractivity contribution in [2.45, 2.75) is 141 Å². The van der Waals surface area contributed by atoms with E-state index in [2.05, 4.69) is 57.8 Å². The monoisotopic (exact) mass is 1200 g/mol. The van der Waals surface area contributed by atoms with Crippen LogP contribution in [0.3, 0.4) is 0 Å². The second-order valence-electron chi connectivity index (χ2n) is 21.5. The fourth-order valence-corrected chi connectivity index (χ4v) is 10.8. The van der Waals surface area contributed by atoms with E-state index in [-0.39, 0.29) is 92.9 Å². The molecule has 3 amide bonds. The zero-order chi connectivity index (χ0) is 61.8. The van der Waals surface area contributed by atoms with Gasteiger partial charge in [-0.15, -0.1) is 0 Å². The van der Waals surface area contributed by atoms with E-state index in [1.54, 1.807) is 54.2 Å². The highest BCUT2D eigenvalue weighted by Gasteiger charge is 2.51. The molecule has 0 spiro atoms. The first-order chi connectivity index (χ1) is 41.4. The molecule has 21 nitrogen and oxygen atoms in total. The molecule has 7 rings (SSSR count). The number of nitrogens with zero attached hydrogens (tertiary/aromatic N) is 5. The molecule has 2 atom stereocenters. The van der Waals surface area contributed by atoms with Crippen LogP contribution in [-0.4, -0.2) is 118 Å². The first kappa shape index (κ1) is 65.3. The number of cyclic esters (lactones) is 1. The number of allylic oxidation sites excluding steroid dienone is 1. The van der Waals surface area contributed by atoms with Gasteiger partial charge in [-0.2, -0.15) is 0 Å². The maximum atomic E-state index is 14.4. The number of fused-ring (bicyclic) bond motifs is 5. The Hall–Kier alpha value is -8.26. The number of primary amides is 1. The minimum Gasteiger partial charge on any atom is -0.457 e. The van der Waals surface area contributed by atoms with Crippen molar-refractivity contribution in [3.05, 3.63) is 123 Å². The number of para-hydroxylation sites is 1. The second kappa shape index (κ2) is 31.8. The van der Waals surface area contributed by atoms with Gasteiger partial charge in [0.15, 0.2) is 16.7 Å². The van der Waals surface area contributed by atoms with Gasteiger partial charge in [0.25, 0.3) is 5.56 Å². The molecule has 22 heteroatoms. The third-order valence-corrected chi connectivity index (χ3v) is 15.5. The number of thioether (sulfide) groups is 1. The molecule has 4 N–H and O–H groups in total. The van der Waals surface area contributed by atoms with Crippen LogP contribution in [0.15, 0.2) is 89.2 Å². The topological polar surface area (TPSA) is 280 Å². The number of carbonyl (C=O) groups excluding carboxylic acids is 7. The third-order valence-electron chi connectivity index (χ3n) is 14.9. The maximum absolute atomic E-state index is 14.4. The number of ketones is 3. The lowest BCUT2D eigenvalue weighted by molar-refractivity contribution is -0.175. The molecule has 2 aliphatic rings. The largest absolute Gasteiger partial charge is 0.510 e. The number of unbranched alkanes of at least 4 members (excludes halogenated alkanes) is 1. The van der Waals surface area contributed by atoms with E-state index in [1.807, 2.05) is 37.4 Å². The van der Waals surface area contributed by atoms with Gasteiger partial charge in [0.2, 0.25) is 11.5 Å². The van der Waals surface area contributed by atoms with E-state index in [1.165, 1.54) is 11.8 Å². The molecule has 5 aromatic rings. The Kier molecular flexibility index (Phi) is 24.1. The van der Waals surface area contributed by atoms with E-state index in [0.29, 0.717) is 98.9 Å². The van der Waals surface area contributed by atoms with Crippen molar-refractivity contribution in [2.24, 2.45) is 11.7 Å². The fourth-order valence-electron chi connectivity index (χ4n) is 10.5. The molecule has 0 saturated carbocycles. The minimum atomic E-state index is -2.01. The summed E-state index contributed by atoms with van der Waals surface area (Å²) in [6, 6.07) is 15.4. The summed E-state index contributed by atoms with van der Waals surface area (Å²) in [5.74, 6) is 3.42. The van der Waals surface area contributed by atoms with Crippen molar-refractivity contribution in [3.63, 3.8) is 0 Å². The van der Waals surface area contributed by atoms with Gasteiger partial charge in [0.1, 0.15) is 32.2 Å². The number of carbonyl (C=O) groups is 7. The summed E-state index contributed by atoms with van der Waals surface area (Å²) in [7, 11) is 0. The van der Waals surface area contributed by atoms with E-state index < -0.39 is 48.0 Å². The molecule has 0 unspecified atom stereocenters. The van der Waals surface area contributed by atoms with Crippen molar-refractivity contribution in [1.29, 1.82) is 0 Å². The van der Waals surface area contributed by atoms with Gasteiger partial charge in [0.05, 0.1) is 34.6 Å². The molecule has 3 aromatic heterocycles. The van der Waals surface area contributed by atoms with Gasteiger partial charge < -0.3 is 49.5 Å². The van der Waals surface area contributed by atoms with Crippen LogP contribution in [0, 0.1) is 17.8 Å². The summed E-state index contributed by atoms with van der Waals surface area (Å²) in [5, 5.41) is 6.96. The van der Waals surface area contributed by atoms with Crippen LogP contribution in [0.5, 0.6) is 0 Å². The zero-order valence-corrected chi connectivity index (χ0v) is 50.4. The number of hydrogen-bond donors (Lipinski definition) is 3. The summed E-state index contributed by atoms with van der Waals surface area (Å²) in [4.78, 5) is 120. The number of ether oxygens (including phenoxy) is 5. The number of pyridine rings is 2. The standard InChI is InChI=1S/C64H76N8O13S/c1-7-64(54-33-56-57-52(36-72(56)59(77)53(54)40-83-60(64)78)50(27-29-71(41(2)3)42(4)5)51-21-11-12-22-55(51)70-57)85-63(80)84-37-43-23-25-46(26-24-43)69-58(76)45(17-13-28-66-61(65)79)32-49(75)39-82-38-48(74)20-15-31-81-30-14-19-47(73)18-10-8-9-16-44-34-67-62(86-6)68-35-44/h11-12,21-26,33-35,42,45H,2,7-8,10,13-15,17-20,27-32,36-40H2,1,3-6H3,(H,69,76)(H3,65,66,79)/t45-,64+/m1/s1. The Morgan fingerprint density at radius 1 is 0.919 bits per heavy atom. The summed E-state index contributed by atoms with van der Waals surface area (Å²) in [5.41, 5.74) is 9.60. The number of Topliss-reactive ketones (excluding diaryl/α,β-unsaturated/α-hetero) is 3. The quantitative estimate of drug-likeness (QED) is 0.0114. The van der Waals surface area contributed by atoms with Crippen LogP contribution in [0.1, 0.15) is 132 Å². The minimum absolute atomic E-state index is 0.0714. The van der Waals surface area contributed by atoms with Crippen LogP contribution in [0.25, 0.3) is 22.3 Å². The van der Waals surface area contributed by atoms with Gasteiger partial charge in [0, 0.05) is 111 Å². The van der Waals surface area contributed by atoms with E-state index >= 15 is 0 Å². The highest BCUT2D eigenvalue weighted by molar-refractivity contribution is 7.98. The van der Waals surface area contributed by atoms with Crippen LogP contribution in [0.2, 0.25) is 0 Å². The SMILES string of the molecule is C=C(C)N(CCc1c2c(nc3ccccc13)-c1cc3c(c(=O)n1C2)COC(=O)[C@@]3(CC)OC(=O)OCc1ccc(NC(=O)[C@H](CCCNC(N)=O)CC(=O)COCC(=O)CCCOCCCC(=O)CCCC#Cc2cnc(SC)nc2)cc1)C(C)C. The number of hydrogen-bond acceptors (Lipinski definition) is 18. The Morgan fingerprint density at radius 2 is 1.63 bits per heavy atom. The summed E-state index contributed by atoms with van der Waals surface area (Å²) < 4.78 is 29.7.